The third kappa shape index (κ3) is 4.74. The van der Waals surface area contributed by atoms with E-state index in [0.29, 0.717) is 18.8 Å². The van der Waals surface area contributed by atoms with Gasteiger partial charge in [-0.25, -0.2) is 0 Å². The summed E-state index contributed by atoms with van der Waals surface area (Å²) in [6.07, 6.45) is 8.12. The Bertz CT molecular complexity index is 295. The van der Waals surface area contributed by atoms with Crippen LogP contribution in [0.4, 0.5) is 0 Å². The van der Waals surface area contributed by atoms with E-state index in [9.17, 15) is 9.90 Å². The Morgan fingerprint density at radius 1 is 1.50 bits per heavy atom. The minimum atomic E-state index is -0.784. The van der Waals surface area contributed by atoms with Crippen LogP contribution in [0, 0.1) is 5.92 Å². The van der Waals surface area contributed by atoms with Crippen LogP contribution >= 0.6 is 0 Å². The molecule has 0 heterocycles. The maximum absolute atomic E-state index is 11.5. The zero-order valence-electron chi connectivity index (χ0n) is 13.3. The van der Waals surface area contributed by atoms with Crippen molar-refractivity contribution in [2.24, 2.45) is 5.92 Å². The number of carboxylic acid groups (broad SMARTS) is 1. The molecule has 0 aliphatic heterocycles. The van der Waals surface area contributed by atoms with Gasteiger partial charge in [-0.05, 0) is 38.6 Å². The first-order valence-corrected chi connectivity index (χ1v) is 8.11. The zero-order chi connectivity index (χ0) is 15.0. The molecule has 1 aliphatic carbocycles. The average Bonchev–Trinajstić information content (AvgIpc) is 2.47. The molecule has 4 nitrogen and oxygen atoms in total. The topological polar surface area (TPSA) is 58.6 Å². The van der Waals surface area contributed by atoms with Crippen molar-refractivity contribution in [3.63, 3.8) is 0 Å². The molecule has 0 aromatic rings. The molecule has 0 amide bonds. The number of hydrogen-bond donors (Lipinski definition) is 2. The maximum atomic E-state index is 11.5. The van der Waals surface area contributed by atoms with Crippen LogP contribution in [-0.2, 0) is 9.53 Å². The van der Waals surface area contributed by atoms with Gasteiger partial charge >= 0.3 is 5.97 Å². The normalized spacial score (nSPS) is 28.2. The summed E-state index contributed by atoms with van der Waals surface area (Å²) in [6, 6.07) is 0. The van der Waals surface area contributed by atoms with Crippen molar-refractivity contribution in [1.29, 1.82) is 0 Å². The Morgan fingerprint density at radius 2 is 2.25 bits per heavy atom. The molecule has 2 N–H and O–H groups in total. The second-order valence-corrected chi connectivity index (χ2v) is 6.11. The maximum Gasteiger partial charge on any atom is 0.323 e. The molecular formula is C16H31NO3. The highest BCUT2D eigenvalue weighted by Gasteiger charge is 2.42. The van der Waals surface area contributed by atoms with Gasteiger partial charge in [0.05, 0.1) is 6.10 Å². The Morgan fingerprint density at radius 3 is 2.80 bits per heavy atom. The highest BCUT2D eigenvalue weighted by Crippen LogP contribution is 2.31. The van der Waals surface area contributed by atoms with Crippen LogP contribution in [0.2, 0.25) is 0 Å². The number of nitrogens with one attached hydrogen (secondary N) is 1. The van der Waals surface area contributed by atoms with Crippen LogP contribution in [0.5, 0.6) is 0 Å². The molecule has 118 valence electrons. The van der Waals surface area contributed by atoms with E-state index in [4.69, 9.17) is 4.74 Å². The Labute approximate surface area is 123 Å². The quantitative estimate of drug-likeness (QED) is 0.683. The van der Waals surface area contributed by atoms with Gasteiger partial charge in [-0.15, -0.1) is 0 Å². The summed E-state index contributed by atoms with van der Waals surface area (Å²) in [7, 11) is 1.74. The van der Waals surface area contributed by atoms with Gasteiger partial charge in [-0.2, -0.15) is 0 Å². The monoisotopic (exact) mass is 285 g/mol. The highest BCUT2D eigenvalue weighted by atomic mass is 16.5. The van der Waals surface area contributed by atoms with Gasteiger partial charge in [0.25, 0.3) is 0 Å². The minimum absolute atomic E-state index is 0.0861. The molecular weight excluding hydrogens is 254 g/mol. The van der Waals surface area contributed by atoms with E-state index >= 15 is 0 Å². The third-order valence-corrected chi connectivity index (χ3v) is 4.70. The number of carboxylic acids is 1. The van der Waals surface area contributed by atoms with E-state index in [2.05, 4.69) is 19.2 Å². The molecule has 0 bridgehead atoms. The van der Waals surface area contributed by atoms with Crippen LogP contribution in [0.15, 0.2) is 0 Å². The minimum Gasteiger partial charge on any atom is -0.480 e. The number of hydrogen-bond acceptors (Lipinski definition) is 3. The standard InChI is InChI=1S/C16H31NO3/c1-4-6-8-13(5-2)12-20-14-9-7-10-16(11-14,17-3)15(18)19/h13-14,17H,4-12H2,1-3H3,(H,18,19). The van der Waals surface area contributed by atoms with Gasteiger partial charge in [0.15, 0.2) is 0 Å². The van der Waals surface area contributed by atoms with Crippen molar-refractivity contribution in [2.75, 3.05) is 13.7 Å². The molecule has 0 radical (unpaired) electrons. The van der Waals surface area contributed by atoms with Crippen LogP contribution in [0.25, 0.3) is 0 Å². The summed E-state index contributed by atoms with van der Waals surface area (Å²) in [6.45, 7) is 5.20. The van der Waals surface area contributed by atoms with Crippen molar-refractivity contribution in [3.8, 4) is 0 Å². The Balaban J connectivity index is 2.45. The first kappa shape index (κ1) is 17.4. The number of ether oxygens (including phenoxy) is 1. The summed E-state index contributed by atoms with van der Waals surface area (Å²) in [5.74, 6) is -0.128. The van der Waals surface area contributed by atoms with Crippen LogP contribution in [0.3, 0.4) is 0 Å². The number of unbranched alkanes of at least 4 members (excludes halogenated alkanes) is 1. The average molecular weight is 285 g/mol. The van der Waals surface area contributed by atoms with Crippen LogP contribution in [0.1, 0.15) is 65.2 Å². The van der Waals surface area contributed by atoms with Crippen molar-refractivity contribution < 1.29 is 14.6 Å². The molecule has 1 aliphatic rings. The fraction of sp³-hybridized carbons (Fsp3) is 0.938. The van der Waals surface area contributed by atoms with Crippen molar-refractivity contribution >= 4 is 5.97 Å². The SMILES string of the molecule is CCCCC(CC)COC1CCCC(NC)(C(=O)O)C1. The Kier molecular flexibility index (Phi) is 7.52. The summed E-state index contributed by atoms with van der Waals surface area (Å²) >= 11 is 0. The molecule has 0 aromatic heterocycles. The van der Waals surface area contributed by atoms with E-state index in [1.54, 1.807) is 7.05 Å². The third-order valence-electron chi connectivity index (χ3n) is 4.70. The number of likely N-dealkylation sites (N-methyl/N-ethyl adjacent to an activating group) is 1. The second-order valence-electron chi connectivity index (χ2n) is 6.11. The van der Waals surface area contributed by atoms with Crippen LogP contribution in [-0.4, -0.2) is 36.4 Å². The van der Waals surface area contributed by atoms with Gasteiger partial charge in [0.2, 0.25) is 0 Å². The lowest BCUT2D eigenvalue weighted by molar-refractivity contribution is -0.149. The molecule has 0 saturated heterocycles. The van der Waals surface area contributed by atoms with Crippen molar-refractivity contribution in [3.05, 3.63) is 0 Å². The number of carbonyl (C=O) groups is 1. The smallest absolute Gasteiger partial charge is 0.323 e. The second kappa shape index (κ2) is 8.63. The molecule has 0 spiro atoms. The predicted octanol–water partition coefficient (Wildman–Crippen LogP) is 3.20. The fourth-order valence-electron chi connectivity index (χ4n) is 3.07. The largest absolute Gasteiger partial charge is 0.480 e. The van der Waals surface area contributed by atoms with Gasteiger partial charge in [0, 0.05) is 13.0 Å². The molecule has 0 aromatic carbocycles. The van der Waals surface area contributed by atoms with Gasteiger partial charge < -0.3 is 15.2 Å². The molecule has 3 unspecified atom stereocenters. The molecule has 4 heteroatoms. The summed E-state index contributed by atoms with van der Waals surface area (Å²) in [5, 5.41) is 12.4. The van der Waals surface area contributed by atoms with Gasteiger partial charge in [-0.3, -0.25) is 4.79 Å². The lowest BCUT2D eigenvalue weighted by Gasteiger charge is -2.37. The first-order chi connectivity index (χ1) is 9.57. The lowest BCUT2D eigenvalue weighted by atomic mass is 9.80. The van der Waals surface area contributed by atoms with Gasteiger partial charge in [0.1, 0.15) is 5.54 Å². The number of rotatable bonds is 9. The summed E-state index contributed by atoms with van der Waals surface area (Å²) in [4.78, 5) is 11.5. The predicted molar refractivity (Wildman–Crippen MR) is 80.9 cm³/mol. The van der Waals surface area contributed by atoms with Gasteiger partial charge in [-0.1, -0.05) is 33.1 Å². The van der Waals surface area contributed by atoms with Crippen molar-refractivity contribution in [2.45, 2.75) is 76.9 Å². The molecule has 1 fully saturated rings. The molecule has 20 heavy (non-hydrogen) atoms. The van der Waals surface area contributed by atoms with E-state index < -0.39 is 11.5 Å². The fourth-order valence-corrected chi connectivity index (χ4v) is 3.07. The van der Waals surface area contributed by atoms with Crippen LogP contribution < -0.4 is 5.32 Å². The summed E-state index contributed by atoms with van der Waals surface area (Å²) in [5.41, 5.74) is -0.784. The highest BCUT2D eigenvalue weighted by molar-refractivity contribution is 5.79. The Hall–Kier alpha value is -0.610. The number of aliphatic carboxylic acids is 1. The van der Waals surface area contributed by atoms with E-state index in [1.165, 1.54) is 19.3 Å². The summed E-state index contributed by atoms with van der Waals surface area (Å²) < 4.78 is 6.04. The zero-order valence-corrected chi connectivity index (χ0v) is 13.3. The first-order valence-electron chi connectivity index (χ1n) is 8.11. The molecule has 3 atom stereocenters. The molecule has 1 rings (SSSR count). The van der Waals surface area contributed by atoms with E-state index in [1.807, 2.05) is 0 Å². The lowest BCUT2D eigenvalue weighted by Crippen LogP contribution is -2.54. The van der Waals surface area contributed by atoms with E-state index in [-0.39, 0.29) is 6.10 Å². The van der Waals surface area contributed by atoms with Crippen molar-refractivity contribution in [1.82, 2.24) is 5.32 Å². The molecule has 1 saturated carbocycles. The van der Waals surface area contributed by atoms with E-state index in [0.717, 1.165) is 25.9 Å².